The molecule has 1 aliphatic rings. The molecule has 0 radical (unpaired) electrons. The van der Waals surface area contributed by atoms with Gasteiger partial charge in [0.2, 0.25) is 11.8 Å². The fraction of sp³-hybridized carbons (Fsp3) is 0.458. The molecular formula is C24H30ClN3O4. The molecule has 32 heavy (non-hydrogen) atoms. The quantitative estimate of drug-likeness (QED) is 0.615. The largest absolute Gasteiger partial charge is 0.493 e. The highest BCUT2D eigenvalue weighted by Crippen LogP contribution is 2.23. The molecule has 0 saturated carbocycles. The van der Waals surface area contributed by atoms with Crippen LogP contribution in [0.15, 0.2) is 36.5 Å². The maximum atomic E-state index is 13.2. The van der Waals surface area contributed by atoms with Gasteiger partial charge in [-0.3, -0.25) is 9.59 Å². The minimum absolute atomic E-state index is 0.125. The van der Waals surface area contributed by atoms with Crippen LogP contribution in [-0.4, -0.2) is 47.5 Å². The van der Waals surface area contributed by atoms with E-state index in [0.717, 1.165) is 36.1 Å². The SMILES string of the molecule is CCCOc1ccc(CN(C(=O)COc2ccc(Cl)cn2)C2CCCCNC2=O)cc1C. The molecule has 1 atom stereocenters. The molecule has 1 N–H and O–H groups in total. The number of carbonyl (C=O) groups excluding carboxylic acids is 2. The van der Waals surface area contributed by atoms with Crippen molar-refractivity contribution in [1.29, 1.82) is 0 Å². The van der Waals surface area contributed by atoms with Crippen molar-refractivity contribution in [3.63, 3.8) is 0 Å². The number of rotatable bonds is 9. The van der Waals surface area contributed by atoms with Crippen molar-refractivity contribution in [3.05, 3.63) is 52.7 Å². The van der Waals surface area contributed by atoms with Crippen molar-refractivity contribution in [3.8, 4) is 11.6 Å². The van der Waals surface area contributed by atoms with Crippen molar-refractivity contribution in [2.24, 2.45) is 0 Å². The zero-order chi connectivity index (χ0) is 22.9. The van der Waals surface area contributed by atoms with Gasteiger partial charge >= 0.3 is 0 Å². The highest BCUT2D eigenvalue weighted by Gasteiger charge is 2.31. The summed E-state index contributed by atoms with van der Waals surface area (Å²) in [5, 5.41) is 3.41. The third kappa shape index (κ3) is 6.60. The average molecular weight is 460 g/mol. The molecule has 1 aromatic carbocycles. The lowest BCUT2D eigenvalue weighted by Gasteiger charge is -2.30. The van der Waals surface area contributed by atoms with Crippen LogP contribution < -0.4 is 14.8 Å². The smallest absolute Gasteiger partial charge is 0.261 e. The number of carbonyl (C=O) groups is 2. The van der Waals surface area contributed by atoms with Crippen LogP contribution >= 0.6 is 11.6 Å². The zero-order valence-corrected chi connectivity index (χ0v) is 19.4. The number of nitrogens with zero attached hydrogens (tertiary/aromatic N) is 2. The summed E-state index contributed by atoms with van der Waals surface area (Å²) in [7, 11) is 0. The van der Waals surface area contributed by atoms with Gasteiger partial charge in [0.25, 0.3) is 5.91 Å². The highest BCUT2D eigenvalue weighted by atomic mass is 35.5. The van der Waals surface area contributed by atoms with E-state index in [9.17, 15) is 9.59 Å². The van der Waals surface area contributed by atoms with E-state index in [1.54, 1.807) is 17.0 Å². The first-order chi connectivity index (χ1) is 15.5. The van der Waals surface area contributed by atoms with Gasteiger partial charge in [-0.15, -0.1) is 0 Å². The summed E-state index contributed by atoms with van der Waals surface area (Å²) < 4.78 is 11.3. The molecule has 1 saturated heterocycles. The van der Waals surface area contributed by atoms with Crippen LogP contribution in [0.5, 0.6) is 11.6 Å². The summed E-state index contributed by atoms with van der Waals surface area (Å²) in [6.07, 6.45) is 4.78. The summed E-state index contributed by atoms with van der Waals surface area (Å²) in [4.78, 5) is 31.6. The van der Waals surface area contributed by atoms with Crippen LogP contribution in [0.25, 0.3) is 0 Å². The van der Waals surface area contributed by atoms with Gasteiger partial charge in [-0.05, 0) is 55.9 Å². The number of aromatic nitrogens is 1. The van der Waals surface area contributed by atoms with Crippen LogP contribution in [0, 0.1) is 6.92 Å². The molecule has 2 heterocycles. The molecule has 1 aromatic heterocycles. The second kappa shape index (κ2) is 11.7. The lowest BCUT2D eigenvalue weighted by molar-refractivity contribution is -0.142. The van der Waals surface area contributed by atoms with Gasteiger partial charge < -0.3 is 19.7 Å². The zero-order valence-electron chi connectivity index (χ0n) is 18.6. The second-order valence-corrected chi connectivity index (χ2v) is 8.31. The Hall–Kier alpha value is -2.80. The topological polar surface area (TPSA) is 80.8 Å². The first-order valence-electron chi connectivity index (χ1n) is 11.0. The predicted octanol–water partition coefficient (Wildman–Crippen LogP) is 3.91. The maximum absolute atomic E-state index is 13.2. The van der Waals surface area contributed by atoms with E-state index >= 15 is 0 Å². The minimum atomic E-state index is -0.539. The fourth-order valence-corrected chi connectivity index (χ4v) is 3.75. The molecule has 7 nitrogen and oxygen atoms in total. The molecule has 2 aromatic rings. The molecular weight excluding hydrogens is 430 g/mol. The molecule has 0 spiro atoms. The molecule has 1 aliphatic heterocycles. The van der Waals surface area contributed by atoms with Gasteiger partial charge in [0, 0.05) is 25.4 Å². The van der Waals surface area contributed by atoms with Crippen LogP contribution in [-0.2, 0) is 16.1 Å². The fourth-order valence-electron chi connectivity index (χ4n) is 3.64. The maximum Gasteiger partial charge on any atom is 0.261 e. The van der Waals surface area contributed by atoms with E-state index in [1.165, 1.54) is 6.20 Å². The standard InChI is InChI=1S/C24H30ClN3O4/c1-3-12-31-21-9-7-18(13-17(21)2)15-28(20-6-4-5-11-26-24(20)30)23(29)16-32-22-10-8-19(25)14-27-22/h7-10,13-14,20H,3-6,11-12,15-16H2,1-2H3,(H,26,30). The number of halogens is 1. The van der Waals surface area contributed by atoms with E-state index in [2.05, 4.69) is 17.2 Å². The van der Waals surface area contributed by atoms with E-state index < -0.39 is 6.04 Å². The van der Waals surface area contributed by atoms with Gasteiger partial charge in [-0.2, -0.15) is 0 Å². The Kier molecular flexibility index (Phi) is 8.73. The van der Waals surface area contributed by atoms with Crippen LogP contribution in [0.2, 0.25) is 5.02 Å². The number of nitrogens with one attached hydrogen (secondary N) is 1. The van der Waals surface area contributed by atoms with Crippen LogP contribution in [0.4, 0.5) is 0 Å². The second-order valence-electron chi connectivity index (χ2n) is 7.88. The highest BCUT2D eigenvalue weighted by molar-refractivity contribution is 6.30. The molecule has 8 heteroatoms. The number of pyridine rings is 1. The number of ether oxygens (including phenoxy) is 2. The molecule has 0 bridgehead atoms. The third-order valence-electron chi connectivity index (χ3n) is 5.30. The summed E-state index contributed by atoms with van der Waals surface area (Å²) in [5.41, 5.74) is 1.93. The predicted molar refractivity (Wildman–Crippen MR) is 123 cm³/mol. The van der Waals surface area contributed by atoms with E-state index in [4.69, 9.17) is 21.1 Å². The van der Waals surface area contributed by atoms with Crippen molar-refractivity contribution in [2.45, 2.75) is 52.1 Å². The summed E-state index contributed by atoms with van der Waals surface area (Å²) in [6, 6.07) is 8.58. The van der Waals surface area contributed by atoms with Gasteiger partial charge in [-0.1, -0.05) is 30.7 Å². The normalized spacial score (nSPS) is 16.1. The lowest BCUT2D eigenvalue weighted by atomic mass is 10.1. The Morgan fingerprint density at radius 2 is 2.09 bits per heavy atom. The molecule has 0 aliphatic carbocycles. The van der Waals surface area contributed by atoms with Crippen molar-refractivity contribution >= 4 is 23.4 Å². The summed E-state index contributed by atoms with van der Waals surface area (Å²) >= 11 is 5.85. The van der Waals surface area contributed by atoms with Gasteiger partial charge in [0.1, 0.15) is 11.8 Å². The van der Waals surface area contributed by atoms with Crippen LogP contribution in [0.1, 0.15) is 43.7 Å². The molecule has 1 unspecified atom stereocenters. The molecule has 3 rings (SSSR count). The Morgan fingerprint density at radius 1 is 1.25 bits per heavy atom. The van der Waals surface area contributed by atoms with Crippen molar-refractivity contribution in [1.82, 2.24) is 15.2 Å². The Morgan fingerprint density at radius 3 is 2.81 bits per heavy atom. The Labute approximate surface area is 194 Å². The van der Waals surface area contributed by atoms with Crippen molar-refractivity contribution in [2.75, 3.05) is 19.8 Å². The van der Waals surface area contributed by atoms with Crippen molar-refractivity contribution < 1.29 is 19.1 Å². The first kappa shape index (κ1) is 23.9. The van der Waals surface area contributed by atoms with Gasteiger partial charge in [0.15, 0.2) is 6.61 Å². The van der Waals surface area contributed by atoms with E-state index in [-0.39, 0.29) is 18.4 Å². The molecule has 1 fully saturated rings. The summed E-state index contributed by atoms with van der Waals surface area (Å²) in [6.45, 7) is 5.42. The monoisotopic (exact) mass is 459 g/mol. The number of aryl methyl sites for hydroxylation is 1. The average Bonchev–Trinajstić information content (AvgIpc) is 3.00. The van der Waals surface area contributed by atoms with Gasteiger partial charge in [-0.25, -0.2) is 4.98 Å². The van der Waals surface area contributed by atoms with E-state index in [1.807, 2.05) is 25.1 Å². The summed E-state index contributed by atoms with van der Waals surface area (Å²) in [5.74, 6) is 0.743. The molecule has 2 amide bonds. The van der Waals surface area contributed by atoms with Crippen LogP contribution in [0.3, 0.4) is 0 Å². The Bertz CT molecular complexity index is 920. The third-order valence-corrected chi connectivity index (χ3v) is 5.52. The Balaban J connectivity index is 1.77. The number of benzene rings is 1. The van der Waals surface area contributed by atoms with Gasteiger partial charge in [0.05, 0.1) is 11.6 Å². The number of amides is 2. The number of hydrogen-bond acceptors (Lipinski definition) is 5. The number of hydrogen-bond donors (Lipinski definition) is 1. The minimum Gasteiger partial charge on any atom is -0.493 e. The van der Waals surface area contributed by atoms with E-state index in [0.29, 0.717) is 37.0 Å². The first-order valence-corrected chi connectivity index (χ1v) is 11.4. The molecule has 172 valence electrons. The lowest BCUT2D eigenvalue weighted by Crippen LogP contribution is -2.49.